The van der Waals surface area contributed by atoms with Gasteiger partial charge in [0, 0.05) is 36.4 Å². The van der Waals surface area contributed by atoms with Crippen LogP contribution in [0, 0.1) is 5.92 Å². The number of nitrogens with one attached hydrogen (secondary N) is 2. The van der Waals surface area contributed by atoms with Crippen LogP contribution in [0.5, 0.6) is 0 Å². The number of aliphatic hydroxyl groups excluding tert-OH is 1. The lowest BCUT2D eigenvalue weighted by atomic mass is 9.85. The van der Waals surface area contributed by atoms with E-state index in [0.717, 1.165) is 18.7 Å². The van der Waals surface area contributed by atoms with E-state index in [1.54, 1.807) is 24.7 Å². The van der Waals surface area contributed by atoms with Crippen molar-refractivity contribution in [2.75, 3.05) is 25.5 Å². The SMILES string of the molecule is CN1CCC2NC(=O)C(C(=O)Nc3ccc(-n4ccnc4)cc3)=C(O)C2C1. The summed E-state index contributed by atoms with van der Waals surface area (Å²) in [6, 6.07) is 7.02. The van der Waals surface area contributed by atoms with Crippen molar-refractivity contribution in [1.29, 1.82) is 0 Å². The number of hydrogen-bond acceptors (Lipinski definition) is 5. The van der Waals surface area contributed by atoms with E-state index in [9.17, 15) is 14.7 Å². The molecular weight excluding hydrogens is 346 g/mol. The van der Waals surface area contributed by atoms with E-state index >= 15 is 0 Å². The number of benzene rings is 1. The molecule has 2 aliphatic heterocycles. The molecule has 2 amide bonds. The fraction of sp³-hybridized carbons (Fsp3) is 0.316. The number of imidazole rings is 1. The fourth-order valence-electron chi connectivity index (χ4n) is 3.65. The number of aromatic nitrogens is 2. The number of carbonyl (C=O) groups excluding carboxylic acids is 2. The van der Waals surface area contributed by atoms with E-state index in [2.05, 4.69) is 20.5 Å². The van der Waals surface area contributed by atoms with Crippen LogP contribution in [-0.2, 0) is 9.59 Å². The zero-order chi connectivity index (χ0) is 19.0. The molecule has 0 bridgehead atoms. The number of aliphatic hydroxyl groups is 1. The predicted molar refractivity (Wildman–Crippen MR) is 99.4 cm³/mol. The third-order valence-electron chi connectivity index (χ3n) is 5.12. The number of anilines is 1. The van der Waals surface area contributed by atoms with Gasteiger partial charge in [-0.05, 0) is 44.3 Å². The van der Waals surface area contributed by atoms with Crippen molar-refractivity contribution in [2.45, 2.75) is 12.5 Å². The number of likely N-dealkylation sites (tertiary alicyclic amines) is 1. The highest BCUT2D eigenvalue weighted by atomic mass is 16.3. The summed E-state index contributed by atoms with van der Waals surface area (Å²) >= 11 is 0. The van der Waals surface area contributed by atoms with Crippen molar-refractivity contribution in [3.63, 3.8) is 0 Å². The molecule has 4 rings (SSSR count). The molecule has 2 unspecified atom stereocenters. The van der Waals surface area contributed by atoms with E-state index in [0.29, 0.717) is 12.2 Å². The normalized spacial score (nSPS) is 22.9. The summed E-state index contributed by atoms with van der Waals surface area (Å²) in [6.07, 6.45) is 5.94. The van der Waals surface area contributed by atoms with Crippen molar-refractivity contribution >= 4 is 17.5 Å². The third kappa shape index (κ3) is 3.31. The zero-order valence-electron chi connectivity index (χ0n) is 14.9. The lowest BCUT2D eigenvalue weighted by Gasteiger charge is -2.39. The van der Waals surface area contributed by atoms with Crippen LogP contribution >= 0.6 is 0 Å². The molecule has 0 aliphatic carbocycles. The standard InChI is InChI=1S/C19H21N5O3/c1-23-8-6-15-14(10-23)17(25)16(19(27)22-15)18(26)21-12-2-4-13(5-3-12)24-9-7-20-11-24/h2-5,7,9,11,14-15,25H,6,8,10H2,1H3,(H,21,26)(H,22,27). The minimum atomic E-state index is -0.605. The highest BCUT2D eigenvalue weighted by molar-refractivity contribution is 6.23. The molecular formula is C19H21N5O3. The summed E-state index contributed by atoms with van der Waals surface area (Å²) in [5.41, 5.74) is 1.24. The number of fused-ring (bicyclic) bond motifs is 1. The van der Waals surface area contributed by atoms with Gasteiger partial charge in [-0.25, -0.2) is 4.98 Å². The number of hydrogen-bond donors (Lipinski definition) is 3. The Balaban J connectivity index is 1.53. The van der Waals surface area contributed by atoms with Gasteiger partial charge in [0.25, 0.3) is 11.8 Å². The van der Waals surface area contributed by atoms with Crippen LogP contribution in [0.2, 0.25) is 0 Å². The molecule has 27 heavy (non-hydrogen) atoms. The van der Waals surface area contributed by atoms with E-state index < -0.39 is 11.8 Å². The number of piperidine rings is 1. The Hall–Kier alpha value is -3.13. The summed E-state index contributed by atoms with van der Waals surface area (Å²) in [6.45, 7) is 1.45. The molecule has 8 heteroatoms. The molecule has 1 fully saturated rings. The predicted octanol–water partition coefficient (Wildman–Crippen LogP) is 1.07. The van der Waals surface area contributed by atoms with E-state index in [1.165, 1.54) is 0 Å². The molecule has 0 saturated carbocycles. The second-order valence-corrected chi connectivity index (χ2v) is 6.97. The minimum Gasteiger partial charge on any atom is -0.511 e. The summed E-state index contributed by atoms with van der Waals surface area (Å²) in [5, 5.41) is 16.1. The maximum atomic E-state index is 12.6. The molecule has 3 N–H and O–H groups in total. The van der Waals surface area contributed by atoms with Gasteiger partial charge in [0.2, 0.25) is 0 Å². The molecule has 8 nitrogen and oxygen atoms in total. The number of amides is 2. The van der Waals surface area contributed by atoms with Crippen LogP contribution in [0.15, 0.2) is 54.3 Å². The Morgan fingerprint density at radius 2 is 2.11 bits per heavy atom. The third-order valence-corrected chi connectivity index (χ3v) is 5.12. The Bertz CT molecular complexity index is 889. The van der Waals surface area contributed by atoms with Crippen molar-refractivity contribution in [3.05, 3.63) is 54.3 Å². The van der Waals surface area contributed by atoms with Gasteiger partial charge in [-0.1, -0.05) is 0 Å². The van der Waals surface area contributed by atoms with Crippen LogP contribution in [-0.4, -0.2) is 57.6 Å². The van der Waals surface area contributed by atoms with Crippen molar-refractivity contribution < 1.29 is 14.7 Å². The fourth-order valence-corrected chi connectivity index (χ4v) is 3.65. The first-order valence-corrected chi connectivity index (χ1v) is 8.85. The molecule has 3 heterocycles. The Morgan fingerprint density at radius 3 is 2.81 bits per heavy atom. The summed E-state index contributed by atoms with van der Waals surface area (Å²) < 4.78 is 1.84. The van der Waals surface area contributed by atoms with Crippen LogP contribution in [0.4, 0.5) is 5.69 Å². The Morgan fingerprint density at radius 1 is 1.33 bits per heavy atom. The average molecular weight is 367 g/mol. The monoisotopic (exact) mass is 367 g/mol. The van der Waals surface area contributed by atoms with Gasteiger partial charge in [-0.3, -0.25) is 9.59 Å². The summed E-state index contributed by atoms with van der Waals surface area (Å²) in [5.74, 6) is -1.51. The van der Waals surface area contributed by atoms with Gasteiger partial charge in [0.15, 0.2) is 0 Å². The van der Waals surface area contributed by atoms with E-state index in [-0.39, 0.29) is 23.3 Å². The van der Waals surface area contributed by atoms with Crippen molar-refractivity contribution in [3.8, 4) is 5.69 Å². The molecule has 1 aromatic carbocycles. The number of rotatable bonds is 3. The van der Waals surface area contributed by atoms with Crippen LogP contribution < -0.4 is 10.6 Å². The molecule has 0 spiro atoms. The molecule has 1 saturated heterocycles. The molecule has 1 aromatic heterocycles. The molecule has 2 atom stereocenters. The van der Waals surface area contributed by atoms with Crippen LogP contribution in [0.25, 0.3) is 5.69 Å². The van der Waals surface area contributed by atoms with Gasteiger partial charge < -0.3 is 25.2 Å². The highest BCUT2D eigenvalue weighted by Crippen LogP contribution is 2.29. The van der Waals surface area contributed by atoms with Gasteiger partial charge in [-0.15, -0.1) is 0 Å². The molecule has 2 aromatic rings. The van der Waals surface area contributed by atoms with E-state index in [4.69, 9.17) is 0 Å². The Kier molecular flexibility index (Phi) is 4.41. The quantitative estimate of drug-likeness (QED) is 0.705. The second-order valence-electron chi connectivity index (χ2n) is 6.97. The molecule has 0 radical (unpaired) electrons. The van der Waals surface area contributed by atoms with Gasteiger partial charge in [0.1, 0.15) is 11.3 Å². The smallest absolute Gasteiger partial charge is 0.264 e. The number of nitrogens with zero attached hydrogens (tertiary/aromatic N) is 3. The largest absolute Gasteiger partial charge is 0.511 e. The summed E-state index contributed by atoms with van der Waals surface area (Å²) in [4.78, 5) is 31.1. The van der Waals surface area contributed by atoms with Gasteiger partial charge in [-0.2, -0.15) is 0 Å². The zero-order valence-corrected chi connectivity index (χ0v) is 14.9. The van der Waals surface area contributed by atoms with Gasteiger partial charge >= 0.3 is 0 Å². The highest BCUT2D eigenvalue weighted by Gasteiger charge is 2.41. The van der Waals surface area contributed by atoms with Crippen molar-refractivity contribution in [1.82, 2.24) is 19.8 Å². The Labute approximate surface area is 156 Å². The first-order chi connectivity index (χ1) is 13.0. The van der Waals surface area contributed by atoms with Crippen LogP contribution in [0.3, 0.4) is 0 Å². The van der Waals surface area contributed by atoms with Crippen molar-refractivity contribution in [2.24, 2.45) is 5.92 Å². The second kappa shape index (κ2) is 6.88. The molecule has 2 aliphatic rings. The maximum Gasteiger partial charge on any atom is 0.264 e. The maximum absolute atomic E-state index is 12.6. The number of carbonyl (C=O) groups is 2. The average Bonchev–Trinajstić information content (AvgIpc) is 3.18. The van der Waals surface area contributed by atoms with Gasteiger partial charge in [0.05, 0.1) is 12.2 Å². The molecule has 140 valence electrons. The van der Waals surface area contributed by atoms with E-state index in [1.807, 2.05) is 29.9 Å². The first kappa shape index (κ1) is 17.3. The lowest BCUT2D eigenvalue weighted by molar-refractivity contribution is -0.124. The minimum absolute atomic E-state index is 0.122. The van der Waals surface area contributed by atoms with Crippen LogP contribution in [0.1, 0.15) is 6.42 Å². The summed E-state index contributed by atoms with van der Waals surface area (Å²) in [7, 11) is 1.96. The topological polar surface area (TPSA) is 99.5 Å². The first-order valence-electron chi connectivity index (χ1n) is 8.85. The lowest BCUT2D eigenvalue weighted by Crippen LogP contribution is -2.55.